The highest BCUT2D eigenvalue weighted by molar-refractivity contribution is 8.14. The van der Waals surface area contributed by atoms with Crippen LogP contribution >= 0.6 is 11.8 Å². The number of hydrogen-bond donors (Lipinski definition) is 3. The zero-order chi connectivity index (χ0) is 16.1. The van der Waals surface area contributed by atoms with E-state index in [0.717, 1.165) is 5.69 Å². The third-order valence-corrected chi connectivity index (χ3v) is 4.91. The fraction of sp³-hybridized carbons (Fsp3) is 0.769. The van der Waals surface area contributed by atoms with Gasteiger partial charge in [0.1, 0.15) is 29.8 Å². The molecule has 3 rings (SSSR count). The van der Waals surface area contributed by atoms with Gasteiger partial charge in [0, 0.05) is 5.41 Å². The molecule has 0 bridgehead atoms. The van der Waals surface area contributed by atoms with Crippen LogP contribution in [-0.4, -0.2) is 71.9 Å². The Bertz CT molecular complexity index is 585. The van der Waals surface area contributed by atoms with Crippen LogP contribution in [0.25, 0.3) is 0 Å². The molecule has 8 nitrogen and oxygen atoms in total. The first-order chi connectivity index (χ1) is 10.3. The lowest BCUT2D eigenvalue weighted by Crippen LogP contribution is -2.55. The maximum Gasteiger partial charge on any atom is 0.188 e. The second-order valence-electron chi connectivity index (χ2n) is 6.53. The normalized spacial score (nSPS) is 35.4. The van der Waals surface area contributed by atoms with E-state index in [9.17, 15) is 15.3 Å². The Morgan fingerprint density at radius 1 is 1.32 bits per heavy atom. The number of aromatic nitrogens is 3. The molecule has 0 aromatic carbocycles. The van der Waals surface area contributed by atoms with Crippen molar-refractivity contribution in [2.75, 3.05) is 6.61 Å². The second kappa shape index (κ2) is 5.57. The molecule has 9 heteroatoms. The Hall–Kier alpha value is -1.00. The average Bonchev–Trinajstić information content (AvgIpc) is 3.08. The van der Waals surface area contributed by atoms with Gasteiger partial charge in [0.05, 0.1) is 18.5 Å². The van der Waals surface area contributed by atoms with E-state index in [2.05, 4.69) is 15.3 Å². The van der Waals surface area contributed by atoms with Crippen molar-refractivity contribution in [3.8, 4) is 0 Å². The minimum atomic E-state index is -1.16. The predicted molar refractivity (Wildman–Crippen MR) is 80.7 cm³/mol. The zero-order valence-corrected chi connectivity index (χ0v) is 13.4. The molecule has 3 N–H and O–H groups in total. The Balaban J connectivity index is 1.82. The minimum Gasteiger partial charge on any atom is -0.394 e. The van der Waals surface area contributed by atoms with Gasteiger partial charge in [0.25, 0.3) is 0 Å². The van der Waals surface area contributed by atoms with Gasteiger partial charge in [-0.1, -0.05) is 37.7 Å². The topological polar surface area (TPSA) is 113 Å². The summed E-state index contributed by atoms with van der Waals surface area (Å²) in [6.07, 6.45) is -1.24. The third-order valence-electron chi connectivity index (χ3n) is 3.79. The van der Waals surface area contributed by atoms with E-state index in [1.54, 1.807) is 10.9 Å². The number of thioether (sulfide) groups is 1. The molecule has 0 amide bonds. The number of rotatable bonds is 1. The molecule has 1 fully saturated rings. The largest absolute Gasteiger partial charge is 0.394 e. The second-order valence-corrected chi connectivity index (χ2v) is 7.59. The number of nitrogens with zero attached hydrogens (tertiary/aromatic N) is 4. The molecule has 1 aromatic rings. The van der Waals surface area contributed by atoms with E-state index in [1.807, 2.05) is 20.8 Å². The number of hydrogen-bond acceptors (Lipinski definition) is 8. The summed E-state index contributed by atoms with van der Waals surface area (Å²) in [5.74, 6) is 0. The van der Waals surface area contributed by atoms with Crippen LogP contribution in [0.5, 0.6) is 0 Å². The van der Waals surface area contributed by atoms with Crippen LogP contribution in [-0.2, 0) is 10.2 Å². The van der Waals surface area contributed by atoms with Crippen molar-refractivity contribution < 1.29 is 20.1 Å². The van der Waals surface area contributed by atoms with Crippen LogP contribution in [0.2, 0.25) is 0 Å². The molecule has 122 valence electrons. The SMILES string of the molecule is CC(C)(C)c1cn(C2=N[C@@H]3[C@@H](O)[C@H](O)[C@@H](CO)O[C@@H]3S2)nn1. The number of ether oxygens (including phenoxy) is 1. The van der Waals surface area contributed by atoms with Gasteiger partial charge in [-0.05, 0) is 0 Å². The molecular weight excluding hydrogens is 308 g/mol. The Labute approximate surface area is 132 Å². The molecule has 1 aromatic heterocycles. The van der Waals surface area contributed by atoms with Gasteiger partial charge in [0.15, 0.2) is 5.17 Å². The number of aliphatic hydroxyl groups excluding tert-OH is 3. The molecule has 1 saturated heterocycles. The highest BCUT2D eigenvalue weighted by atomic mass is 32.2. The van der Waals surface area contributed by atoms with Crippen molar-refractivity contribution in [2.24, 2.45) is 4.99 Å². The predicted octanol–water partition coefficient (Wildman–Crippen LogP) is -0.666. The minimum absolute atomic E-state index is 0.122. The average molecular weight is 328 g/mol. The number of aliphatic imine (C=N–C) groups is 1. The monoisotopic (exact) mass is 328 g/mol. The fourth-order valence-electron chi connectivity index (χ4n) is 2.38. The highest BCUT2D eigenvalue weighted by Gasteiger charge is 2.48. The molecule has 22 heavy (non-hydrogen) atoms. The molecule has 2 aliphatic rings. The summed E-state index contributed by atoms with van der Waals surface area (Å²) >= 11 is 1.30. The van der Waals surface area contributed by atoms with Crippen molar-refractivity contribution in [2.45, 2.75) is 56.0 Å². The maximum atomic E-state index is 10.1. The standard InChI is InChI=1S/C13H20N4O4S/c1-13(2,3)7-4-17(16-15-7)12-14-8-10(20)9(19)6(5-18)21-11(8)22-12/h4,6,8-11,18-20H,5H2,1-3H3/t6-,8-,9-,10-,11-/m1/s1. The maximum absolute atomic E-state index is 10.1. The van der Waals surface area contributed by atoms with E-state index in [-0.39, 0.29) is 12.0 Å². The summed E-state index contributed by atoms with van der Waals surface area (Å²) in [7, 11) is 0. The Morgan fingerprint density at radius 2 is 2.05 bits per heavy atom. The van der Waals surface area contributed by atoms with Gasteiger partial charge < -0.3 is 20.1 Å². The molecule has 0 aliphatic carbocycles. The van der Waals surface area contributed by atoms with Crippen molar-refractivity contribution in [3.63, 3.8) is 0 Å². The van der Waals surface area contributed by atoms with Crippen LogP contribution in [0.3, 0.4) is 0 Å². The van der Waals surface area contributed by atoms with Gasteiger partial charge in [-0.2, -0.15) is 4.68 Å². The first kappa shape index (κ1) is 15.9. The molecule has 0 spiro atoms. The molecule has 0 saturated carbocycles. The van der Waals surface area contributed by atoms with E-state index in [0.29, 0.717) is 5.17 Å². The first-order valence-corrected chi connectivity index (χ1v) is 7.99. The highest BCUT2D eigenvalue weighted by Crippen LogP contribution is 2.36. The quantitative estimate of drug-likeness (QED) is 0.627. The number of aliphatic hydroxyl groups is 3. The van der Waals surface area contributed by atoms with Crippen molar-refractivity contribution in [3.05, 3.63) is 11.9 Å². The molecule has 5 atom stereocenters. The van der Waals surface area contributed by atoms with E-state index >= 15 is 0 Å². The summed E-state index contributed by atoms with van der Waals surface area (Å²) in [4.78, 5) is 4.40. The van der Waals surface area contributed by atoms with Gasteiger partial charge >= 0.3 is 0 Å². The van der Waals surface area contributed by atoms with Gasteiger partial charge in [-0.25, -0.2) is 0 Å². The van der Waals surface area contributed by atoms with Crippen LogP contribution in [0.15, 0.2) is 11.2 Å². The van der Waals surface area contributed by atoms with Crippen LogP contribution in [0.1, 0.15) is 26.5 Å². The lowest BCUT2D eigenvalue weighted by Gasteiger charge is -2.37. The summed E-state index contributed by atoms with van der Waals surface area (Å²) in [5, 5.41) is 38.0. The van der Waals surface area contributed by atoms with Crippen LogP contribution in [0, 0.1) is 0 Å². The molecule has 0 unspecified atom stereocenters. The van der Waals surface area contributed by atoms with Gasteiger partial charge in [-0.3, -0.25) is 4.99 Å². The van der Waals surface area contributed by atoms with Crippen molar-refractivity contribution in [1.29, 1.82) is 0 Å². The fourth-order valence-corrected chi connectivity index (χ4v) is 3.53. The van der Waals surface area contributed by atoms with Crippen molar-refractivity contribution in [1.82, 2.24) is 15.0 Å². The summed E-state index contributed by atoms with van der Waals surface area (Å²) in [5.41, 5.74) is 0.261. The third kappa shape index (κ3) is 2.67. The summed E-state index contributed by atoms with van der Waals surface area (Å²) < 4.78 is 7.15. The summed E-state index contributed by atoms with van der Waals surface area (Å²) in [6, 6.07) is -0.583. The Kier molecular flexibility index (Phi) is 4.02. The number of fused-ring (bicyclic) bond motifs is 1. The van der Waals surface area contributed by atoms with Crippen molar-refractivity contribution >= 4 is 16.9 Å². The first-order valence-electron chi connectivity index (χ1n) is 7.11. The molecule has 0 radical (unpaired) electrons. The van der Waals surface area contributed by atoms with Gasteiger partial charge in [-0.15, -0.1) is 5.10 Å². The van der Waals surface area contributed by atoms with E-state index in [1.165, 1.54) is 11.8 Å². The van der Waals surface area contributed by atoms with E-state index < -0.39 is 29.8 Å². The molecule has 2 aliphatic heterocycles. The van der Waals surface area contributed by atoms with Crippen LogP contribution in [0.4, 0.5) is 0 Å². The van der Waals surface area contributed by atoms with E-state index in [4.69, 9.17) is 4.74 Å². The zero-order valence-electron chi connectivity index (χ0n) is 12.6. The van der Waals surface area contributed by atoms with Gasteiger partial charge in [0.2, 0.25) is 0 Å². The lowest BCUT2D eigenvalue weighted by atomic mass is 9.93. The molecular formula is C13H20N4O4S. The summed E-state index contributed by atoms with van der Waals surface area (Å²) in [6.45, 7) is 5.77. The lowest BCUT2D eigenvalue weighted by molar-refractivity contribution is -0.164. The molecule has 3 heterocycles. The smallest absolute Gasteiger partial charge is 0.188 e. The Morgan fingerprint density at radius 3 is 2.64 bits per heavy atom. The van der Waals surface area contributed by atoms with Crippen LogP contribution < -0.4 is 0 Å².